The number of carbonyl (C=O) groups excluding carboxylic acids is 3. The van der Waals surface area contributed by atoms with Gasteiger partial charge in [-0.1, -0.05) is 41.5 Å². The summed E-state index contributed by atoms with van der Waals surface area (Å²) in [6, 6.07) is 0. The Balaban J connectivity index is 6.18. The van der Waals surface area contributed by atoms with Gasteiger partial charge >= 0.3 is 29.8 Å². The number of carboxylic acids is 2. The molecule has 13 nitrogen and oxygen atoms in total. The van der Waals surface area contributed by atoms with Crippen LogP contribution < -0.4 is 16.4 Å². The van der Waals surface area contributed by atoms with E-state index in [0.29, 0.717) is 6.42 Å². The summed E-state index contributed by atoms with van der Waals surface area (Å²) < 4.78 is 0. The zero-order valence-electron chi connectivity index (χ0n) is 24.6. The zero-order valence-corrected chi connectivity index (χ0v) is 24.6. The highest BCUT2D eigenvalue weighted by molar-refractivity contribution is 5.78. The number of carbonyl (C=O) groups is 5. The second kappa shape index (κ2) is 16.4. The van der Waals surface area contributed by atoms with Crippen molar-refractivity contribution in [2.45, 2.75) is 73.6 Å². The molecule has 0 aromatic carbocycles. The van der Waals surface area contributed by atoms with Crippen LogP contribution >= 0.6 is 0 Å². The van der Waals surface area contributed by atoms with Gasteiger partial charge in [0.2, 0.25) is 0 Å². The summed E-state index contributed by atoms with van der Waals surface area (Å²) in [4.78, 5) is 77.3. The van der Waals surface area contributed by atoms with Crippen LogP contribution in [0, 0.1) is 40.4 Å². The monoisotopic (exact) mass is 561 g/mol. The average molecular weight is 562 g/mol. The van der Waals surface area contributed by atoms with Gasteiger partial charge in [-0.2, -0.15) is 16.4 Å². The Bertz CT molecular complexity index is 835. The van der Waals surface area contributed by atoms with Gasteiger partial charge in [0, 0.05) is 21.1 Å². The smallest absolute Gasteiger partial charge is 0.328 e. The first-order valence-electron chi connectivity index (χ1n) is 13.0. The molecule has 0 radical (unpaired) electrons. The lowest BCUT2D eigenvalue weighted by molar-refractivity contribution is -0.161. The van der Waals surface area contributed by atoms with Crippen LogP contribution in [0.4, 0.5) is 0 Å². The summed E-state index contributed by atoms with van der Waals surface area (Å²) in [5, 5.41) is 20.0. The van der Waals surface area contributed by atoms with E-state index in [0.717, 1.165) is 0 Å². The van der Waals surface area contributed by atoms with Crippen molar-refractivity contribution in [2.75, 3.05) is 21.1 Å². The molecule has 5 atom stereocenters. The lowest BCUT2D eigenvalue weighted by Crippen LogP contribution is -2.37. The summed E-state index contributed by atoms with van der Waals surface area (Å²) in [6.07, 6.45) is -0.533. The van der Waals surface area contributed by atoms with E-state index in [9.17, 15) is 34.2 Å². The van der Waals surface area contributed by atoms with Crippen LogP contribution in [0.5, 0.6) is 0 Å². The number of rotatable bonds is 17. The molecule has 0 spiro atoms. The van der Waals surface area contributed by atoms with Gasteiger partial charge in [0.1, 0.15) is 0 Å². The van der Waals surface area contributed by atoms with Crippen molar-refractivity contribution < 1.29 is 48.7 Å². The maximum Gasteiger partial charge on any atom is 0.328 e. The van der Waals surface area contributed by atoms with Crippen LogP contribution in [-0.4, -0.2) is 61.2 Å². The van der Waals surface area contributed by atoms with Crippen molar-refractivity contribution in [3.05, 3.63) is 0 Å². The Morgan fingerprint density at radius 3 is 1.31 bits per heavy atom. The number of carboxylic acid groups (broad SMARTS) is 2. The molecule has 0 aromatic heterocycles. The van der Waals surface area contributed by atoms with Crippen LogP contribution in [0.1, 0.15) is 73.6 Å². The highest BCUT2D eigenvalue weighted by Crippen LogP contribution is 2.37. The molecule has 39 heavy (non-hydrogen) atoms. The number of aliphatic carboxylic acids is 2. The third-order valence-corrected chi connectivity index (χ3v) is 6.39. The van der Waals surface area contributed by atoms with Crippen molar-refractivity contribution >= 4 is 29.8 Å². The lowest BCUT2D eigenvalue weighted by atomic mass is 9.73. The predicted octanol–water partition coefficient (Wildman–Crippen LogP) is 2.31. The van der Waals surface area contributed by atoms with Gasteiger partial charge in [-0.25, -0.2) is 0 Å². The molecule has 5 N–H and O–H groups in total. The first-order valence-corrected chi connectivity index (χ1v) is 13.0. The van der Waals surface area contributed by atoms with Crippen molar-refractivity contribution in [1.82, 2.24) is 16.4 Å². The summed E-state index contributed by atoms with van der Waals surface area (Å²) in [5.74, 6) is -9.79. The summed E-state index contributed by atoms with van der Waals surface area (Å²) >= 11 is 0. The highest BCUT2D eigenvalue weighted by atomic mass is 16.7. The predicted molar refractivity (Wildman–Crippen MR) is 140 cm³/mol. The van der Waals surface area contributed by atoms with E-state index < -0.39 is 64.9 Å². The largest absolute Gasteiger partial charge is 0.481 e. The molecule has 0 saturated heterocycles. The van der Waals surface area contributed by atoms with Crippen LogP contribution in [0.25, 0.3) is 0 Å². The normalized spacial score (nSPS) is 15.8. The lowest BCUT2D eigenvalue weighted by Gasteiger charge is -2.31. The number of hydroxylamine groups is 3. The fourth-order valence-corrected chi connectivity index (χ4v) is 4.54. The molecule has 0 aliphatic carbocycles. The van der Waals surface area contributed by atoms with E-state index in [2.05, 4.69) is 16.4 Å². The van der Waals surface area contributed by atoms with Gasteiger partial charge in [-0.05, 0) is 42.9 Å². The van der Waals surface area contributed by atoms with Gasteiger partial charge in [-0.15, -0.1) is 0 Å². The van der Waals surface area contributed by atoms with Crippen LogP contribution in [0.3, 0.4) is 0 Å². The van der Waals surface area contributed by atoms with E-state index in [-0.39, 0.29) is 31.1 Å². The Hall–Kier alpha value is -2.77. The third-order valence-electron chi connectivity index (χ3n) is 6.39. The minimum Gasteiger partial charge on any atom is -0.481 e. The molecule has 0 aliphatic heterocycles. The van der Waals surface area contributed by atoms with Crippen molar-refractivity contribution in [1.29, 1.82) is 0 Å². The standard InChI is InChI=1S/C26H47N3O10/c1-25(2,3)14-18(23(35)38-28-8)12-15(20(30)31)10-17(22(34)37-27-7)11-16(21(32)33)13-19(26(4,5)6)24(36)39-29-9/h15-19,27-29H,10-14H2,1-9H3,(H,30,31)(H,32,33). The molecule has 0 aliphatic rings. The molecule has 0 bridgehead atoms. The maximum atomic E-state index is 12.9. The average Bonchev–Trinajstić information content (AvgIpc) is 2.77. The summed E-state index contributed by atoms with van der Waals surface area (Å²) in [5.41, 5.74) is 5.87. The number of hydrogen-bond acceptors (Lipinski definition) is 11. The minimum absolute atomic E-state index is 0.132. The summed E-state index contributed by atoms with van der Waals surface area (Å²) in [7, 11) is 4.16. The molecular formula is C26H47N3O10. The molecular weight excluding hydrogens is 514 g/mol. The van der Waals surface area contributed by atoms with E-state index in [1.807, 2.05) is 20.8 Å². The molecule has 0 rings (SSSR count). The topological polar surface area (TPSA) is 190 Å². The van der Waals surface area contributed by atoms with Crippen molar-refractivity contribution in [2.24, 2.45) is 40.4 Å². The molecule has 0 fully saturated rings. The molecule has 5 unspecified atom stereocenters. The Morgan fingerprint density at radius 1 is 0.590 bits per heavy atom. The van der Waals surface area contributed by atoms with Crippen molar-refractivity contribution in [3.8, 4) is 0 Å². The van der Waals surface area contributed by atoms with Gasteiger partial charge in [-0.3, -0.25) is 24.0 Å². The fraction of sp³-hybridized carbons (Fsp3) is 0.808. The fourth-order valence-electron chi connectivity index (χ4n) is 4.54. The molecule has 13 heteroatoms. The molecule has 0 saturated carbocycles. The first-order chi connectivity index (χ1) is 17.9. The Labute approximate surface area is 230 Å². The first kappa shape index (κ1) is 36.2. The van der Waals surface area contributed by atoms with E-state index >= 15 is 0 Å². The third kappa shape index (κ3) is 13.7. The summed E-state index contributed by atoms with van der Waals surface area (Å²) in [6.45, 7) is 11.0. The van der Waals surface area contributed by atoms with Gasteiger partial charge in [0.05, 0.1) is 29.6 Å². The van der Waals surface area contributed by atoms with Gasteiger partial charge < -0.3 is 24.7 Å². The number of nitrogens with one attached hydrogen (secondary N) is 3. The SMILES string of the molecule is CNOC(=O)C(CC(CC(CC(C)(C)C)C(=O)ONC)C(=O)O)CC(CC(C(=O)ONC)C(C)(C)C)C(=O)O. The number of hydrogen-bond donors (Lipinski definition) is 5. The zero-order chi connectivity index (χ0) is 30.6. The molecule has 0 heterocycles. The van der Waals surface area contributed by atoms with Crippen LogP contribution in [0.2, 0.25) is 0 Å². The molecule has 0 aromatic rings. The van der Waals surface area contributed by atoms with Crippen LogP contribution in [-0.2, 0) is 38.5 Å². The molecule has 226 valence electrons. The second-order valence-corrected chi connectivity index (χ2v) is 12.0. The minimum atomic E-state index is -1.25. The Kier molecular flexibility index (Phi) is 15.2. The van der Waals surface area contributed by atoms with Gasteiger partial charge in [0.15, 0.2) is 0 Å². The van der Waals surface area contributed by atoms with Gasteiger partial charge in [0.25, 0.3) is 0 Å². The van der Waals surface area contributed by atoms with E-state index in [1.165, 1.54) is 21.1 Å². The highest BCUT2D eigenvalue weighted by Gasteiger charge is 2.40. The van der Waals surface area contributed by atoms with Crippen LogP contribution in [0.15, 0.2) is 0 Å². The Morgan fingerprint density at radius 2 is 0.949 bits per heavy atom. The molecule has 0 amide bonds. The van der Waals surface area contributed by atoms with E-state index in [1.54, 1.807) is 20.8 Å². The van der Waals surface area contributed by atoms with Crippen molar-refractivity contribution in [3.63, 3.8) is 0 Å². The van der Waals surface area contributed by atoms with E-state index in [4.69, 9.17) is 14.5 Å². The quantitative estimate of drug-likeness (QED) is 0.129. The second-order valence-electron chi connectivity index (χ2n) is 12.0. The maximum absolute atomic E-state index is 12.9.